The van der Waals surface area contributed by atoms with E-state index in [0.29, 0.717) is 11.7 Å². The molecule has 4 rings (SSSR count). The molecule has 112 valence electrons. The lowest BCUT2D eigenvalue weighted by Gasteiger charge is -2.12. The Balaban J connectivity index is 1.74. The van der Waals surface area contributed by atoms with Crippen LogP contribution in [0.3, 0.4) is 0 Å². The minimum Gasteiger partial charge on any atom is -0.365 e. The first kappa shape index (κ1) is 13.1. The van der Waals surface area contributed by atoms with Crippen LogP contribution in [-0.2, 0) is 0 Å². The van der Waals surface area contributed by atoms with Crippen LogP contribution in [0.4, 0.5) is 10.2 Å². The van der Waals surface area contributed by atoms with E-state index in [-0.39, 0.29) is 5.82 Å². The fraction of sp³-hybridized carbons (Fsp3) is 0.267. The molecule has 1 unspecified atom stereocenters. The van der Waals surface area contributed by atoms with Gasteiger partial charge >= 0.3 is 0 Å². The van der Waals surface area contributed by atoms with Crippen molar-refractivity contribution in [3.63, 3.8) is 0 Å². The molecule has 1 aliphatic heterocycles. The Hall–Kier alpha value is -2.54. The second kappa shape index (κ2) is 5.34. The van der Waals surface area contributed by atoms with Gasteiger partial charge in [-0.05, 0) is 37.2 Å². The van der Waals surface area contributed by atoms with E-state index in [2.05, 4.69) is 25.7 Å². The fourth-order valence-corrected chi connectivity index (χ4v) is 2.70. The Morgan fingerprint density at radius 3 is 2.86 bits per heavy atom. The minimum absolute atomic E-state index is 0.272. The van der Waals surface area contributed by atoms with Crippen molar-refractivity contribution in [2.75, 3.05) is 18.4 Å². The average molecular weight is 298 g/mol. The highest BCUT2D eigenvalue weighted by atomic mass is 19.1. The number of aromatic nitrogens is 4. The van der Waals surface area contributed by atoms with E-state index in [4.69, 9.17) is 0 Å². The Morgan fingerprint density at radius 1 is 1.23 bits per heavy atom. The van der Waals surface area contributed by atoms with Gasteiger partial charge in [-0.25, -0.2) is 19.0 Å². The summed E-state index contributed by atoms with van der Waals surface area (Å²) in [6.45, 7) is 1.94. The summed E-state index contributed by atoms with van der Waals surface area (Å²) in [5.74, 6) is 0.512. The molecule has 2 aromatic heterocycles. The summed E-state index contributed by atoms with van der Waals surface area (Å²) in [5, 5.41) is 12.0. The number of benzene rings is 1. The molecule has 0 spiro atoms. The van der Waals surface area contributed by atoms with Gasteiger partial charge < -0.3 is 10.6 Å². The Bertz CT molecular complexity index is 791. The highest BCUT2D eigenvalue weighted by Gasteiger charge is 2.17. The van der Waals surface area contributed by atoms with Crippen molar-refractivity contribution in [3.05, 3.63) is 42.6 Å². The quantitative estimate of drug-likeness (QED) is 0.771. The van der Waals surface area contributed by atoms with Gasteiger partial charge in [0.05, 0.1) is 17.3 Å². The molecule has 1 atom stereocenters. The van der Waals surface area contributed by atoms with Gasteiger partial charge in [-0.2, -0.15) is 5.10 Å². The lowest BCUT2D eigenvalue weighted by molar-refractivity contribution is 0.627. The molecule has 0 aliphatic carbocycles. The molecule has 0 saturated carbocycles. The minimum atomic E-state index is -0.272. The second-order valence-electron chi connectivity index (χ2n) is 5.33. The third kappa shape index (κ3) is 2.29. The number of rotatable bonds is 3. The van der Waals surface area contributed by atoms with Gasteiger partial charge in [0.15, 0.2) is 5.65 Å². The molecular formula is C15H15FN6. The van der Waals surface area contributed by atoms with E-state index in [0.717, 1.165) is 36.4 Å². The molecule has 6 nitrogen and oxygen atoms in total. The van der Waals surface area contributed by atoms with Crippen LogP contribution < -0.4 is 10.6 Å². The molecular weight excluding hydrogens is 283 g/mol. The molecule has 2 N–H and O–H groups in total. The van der Waals surface area contributed by atoms with E-state index in [9.17, 15) is 4.39 Å². The monoisotopic (exact) mass is 298 g/mol. The van der Waals surface area contributed by atoms with Crippen LogP contribution in [0.5, 0.6) is 0 Å². The Labute approximate surface area is 126 Å². The van der Waals surface area contributed by atoms with E-state index in [1.807, 2.05) is 0 Å². The van der Waals surface area contributed by atoms with Crippen LogP contribution >= 0.6 is 0 Å². The van der Waals surface area contributed by atoms with Gasteiger partial charge in [-0.15, -0.1) is 0 Å². The third-order valence-corrected chi connectivity index (χ3v) is 3.84. The number of hydrogen-bond donors (Lipinski definition) is 2. The summed E-state index contributed by atoms with van der Waals surface area (Å²) in [5.41, 5.74) is 1.47. The summed E-state index contributed by atoms with van der Waals surface area (Å²) >= 11 is 0. The topological polar surface area (TPSA) is 67.7 Å². The van der Waals surface area contributed by atoms with Gasteiger partial charge in [0, 0.05) is 12.6 Å². The van der Waals surface area contributed by atoms with Crippen molar-refractivity contribution in [2.24, 2.45) is 0 Å². The number of fused-ring (bicyclic) bond motifs is 1. The van der Waals surface area contributed by atoms with Gasteiger partial charge in [-0.1, -0.05) is 0 Å². The third-order valence-electron chi connectivity index (χ3n) is 3.84. The molecule has 7 heteroatoms. The molecule has 3 aromatic rings. The maximum Gasteiger partial charge on any atom is 0.168 e. The zero-order valence-corrected chi connectivity index (χ0v) is 11.8. The number of nitrogens with zero attached hydrogens (tertiary/aromatic N) is 4. The van der Waals surface area contributed by atoms with Crippen molar-refractivity contribution < 1.29 is 4.39 Å². The van der Waals surface area contributed by atoms with E-state index < -0.39 is 0 Å². The maximum atomic E-state index is 13.1. The molecule has 1 fully saturated rings. The van der Waals surface area contributed by atoms with Crippen molar-refractivity contribution >= 4 is 16.9 Å². The highest BCUT2D eigenvalue weighted by molar-refractivity contribution is 5.87. The summed E-state index contributed by atoms with van der Waals surface area (Å²) in [6, 6.07) is 6.54. The molecule has 1 aliphatic rings. The molecule has 3 heterocycles. The fourth-order valence-electron chi connectivity index (χ4n) is 2.70. The standard InChI is InChI=1S/C15H15FN6/c16-10-1-3-12(4-2-10)22-15-13(8-20-22)14(18-9-19-15)21-11-5-6-17-7-11/h1-4,8-9,11,17H,5-7H2,(H,18,19,21). The van der Waals surface area contributed by atoms with Gasteiger partial charge in [0.2, 0.25) is 0 Å². The predicted molar refractivity (Wildman–Crippen MR) is 81.5 cm³/mol. The van der Waals surface area contributed by atoms with Crippen molar-refractivity contribution in [3.8, 4) is 5.69 Å². The molecule has 0 radical (unpaired) electrons. The number of nitrogens with one attached hydrogen (secondary N) is 2. The van der Waals surface area contributed by atoms with Crippen LogP contribution in [0, 0.1) is 5.82 Å². The van der Waals surface area contributed by atoms with E-state index >= 15 is 0 Å². The van der Waals surface area contributed by atoms with Crippen LogP contribution in [0.1, 0.15) is 6.42 Å². The Morgan fingerprint density at radius 2 is 2.09 bits per heavy atom. The summed E-state index contributed by atoms with van der Waals surface area (Å²) in [6.07, 6.45) is 4.33. The maximum absolute atomic E-state index is 13.1. The molecule has 0 bridgehead atoms. The Kier molecular flexibility index (Phi) is 3.19. The van der Waals surface area contributed by atoms with Crippen LogP contribution in [0.2, 0.25) is 0 Å². The van der Waals surface area contributed by atoms with Crippen molar-refractivity contribution in [1.82, 2.24) is 25.1 Å². The molecule has 1 saturated heterocycles. The number of halogens is 1. The number of anilines is 1. The summed E-state index contributed by atoms with van der Waals surface area (Å²) < 4.78 is 14.8. The highest BCUT2D eigenvalue weighted by Crippen LogP contribution is 2.22. The van der Waals surface area contributed by atoms with Gasteiger partial charge in [-0.3, -0.25) is 0 Å². The first-order chi connectivity index (χ1) is 10.8. The van der Waals surface area contributed by atoms with Gasteiger partial charge in [0.1, 0.15) is 18.0 Å². The first-order valence-electron chi connectivity index (χ1n) is 7.23. The van der Waals surface area contributed by atoms with E-state index in [1.54, 1.807) is 23.0 Å². The van der Waals surface area contributed by atoms with Gasteiger partial charge in [0.25, 0.3) is 0 Å². The van der Waals surface area contributed by atoms with Crippen LogP contribution in [0.15, 0.2) is 36.8 Å². The lowest BCUT2D eigenvalue weighted by Crippen LogP contribution is -2.22. The van der Waals surface area contributed by atoms with Crippen molar-refractivity contribution in [1.29, 1.82) is 0 Å². The lowest BCUT2D eigenvalue weighted by atomic mass is 10.2. The number of hydrogen-bond acceptors (Lipinski definition) is 5. The predicted octanol–water partition coefficient (Wildman–Crippen LogP) is 1.73. The summed E-state index contributed by atoms with van der Waals surface area (Å²) in [4.78, 5) is 8.64. The summed E-state index contributed by atoms with van der Waals surface area (Å²) in [7, 11) is 0. The first-order valence-corrected chi connectivity index (χ1v) is 7.23. The van der Waals surface area contributed by atoms with Crippen LogP contribution in [0.25, 0.3) is 16.7 Å². The smallest absolute Gasteiger partial charge is 0.168 e. The SMILES string of the molecule is Fc1ccc(-n2ncc3c(NC4CCNC4)ncnc32)cc1. The van der Waals surface area contributed by atoms with E-state index in [1.165, 1.54) is 18.5 Å². The zero-order chi connectivity index (χ0) is 14.9. The molecule has 22 heavy (non-hydrogen) atoms. The molecule has 1 aromatic carbocycles. The molecule has 0 amide bonds. The van der Waals surface area contributed by atoms with Crippen molar-refractivity contribution in [2.45, 2.75) is 12.5 Å². The average Bonchev–Trinajstić information content (AvgIpc) is 3.18. The second-order valence-corrected chi connectivity index (χ2v) is 5.33. The zero-order valence-electron chi connectivity index (χ0n) is 11.8. The van der Waals surface area contributed by atoms with Crippen LogP contribution in [-0.4, -0.2) is 38.9 Å². The normalized spacial score (nSPS) is 18.0. The largest absolute Gasteiger partial charge is 0.365 e.